The molecule has 1 rings (SSSR count). The number of amides is 2. The summed E-state index contributed by atoms with van der Waals surface area (Å²) in [5.41, 5.74) is -0.346. The number of nitrogens with one attached hydrogen (secondary N) is 2. The van der Waals surface area contributed by atoms with Crippen LogP contribution in [0.25, 0.3) is 0 Å². The molecule has 1 aromatic rings. The summed E-state index contributed by atoms with van der Waals surface area (Å²) in [6.07, 6.45) is 2.38. The summed E-state index contributed by atoms with van der Waals surface area (Å²) in [4.78, 5) is 22.9. The maximum Gasteiger partial charge on any atom is 0.321 e. The summed E-state index contributed by atoms with van der Waals surface area (Å²) >= 11 is 2.34. The second-order valence-corrected chi connectivity index (χ2v) is 8.22. The summed E-state index contributed by atoms with van der Waals surface area (Å²) in [6.45, 7) is 7.64. The van der Waals surface area contributed by atoms with Crippen molar-refractivity contribution in [3.05, 3.63) is 0 Å². The van der Waals surface area contributed by atoms with Crippen molar-refractivity contribution in [2.24, 2.45) is 0 Å². The van der Waals surface area contributed by atoms with Crippen LogP contribution in [-0.4, -0.2) is 38.1 Å². The Bertz CT molecular complexity index is 514. The number of aliphatic carboxylic acids is 1. The van der Waals surface area contributed by atoms with Gasteiger partial charge in [-0.05, 0) is 27.2 Å². The number of carbonyl (C=O) groups is 2. The molecule has 0 saturated heterocycles. The molecule has 1 atom stereocenters. The molecule has 0 unspecified atom stereocenters. The van der Waals surface area contributed by atoms with Crippen LogP contribution < -0.4 is 10.6 Å². The number of nitrogens with zero attached hydrogens (tertiary/aromatic N) is 2. The van der Waals surface area contributed by atoms with E-state index in [2.05, 4.69) is 20.8 Å². The van der Waals surface area contributed by atoms with E-state index in [9.17, 15) is 14.7 Å². The molecule has 0 spiro atoms. The minimum Gasteiger partial charge on any atom is -0.480 e. The van der Waals surface area contributed by atoms with Crippen LogP contribution in [0.5, 0.6) is 0 Å². The highest BCUT2D eigenvalue weighted by Gasteiger charge is 2.21. The zero-order valence-electron chi connectivity index (χ0n) is 13.2. The average Bonchev–Trinajstić information content (AvgIpc) is 2.78. The van der Waals surface area contributed by atoms with E-state index in [1.54, 1.807) is 0 Å². The summed E-state index contributed by atoms with van der Waals surface area (Å²) in [5.74, 6) is -0.853. The van der Waals surface area contributed by atoms with Gasteiger partial charge in [-0.25, -0.2) is 4.79 Å². The van der Waals surface area contributed by atoms with Gasteiger partial charge in [0.2, 0.25) is 5.13 Å². The Balaban J connectivity index is 2.59. The number of carboxylic acid groups (broad SMARTS) is 1. The number of rotatable bonds is 7. The number of unbranched alkanes of at least 4 members (excludes halogenated alkanes) is 1. The molecule has 124 valence electrons. The van der Waals surface area contributed by atoms with Crippen LogP contribution in [0.1, 0.15) is 47.0 Å². The Hall–Kier alpha value is -1.35. The third-order valence-electron chi connectivity index (χ3n) is 2.45. The predicted octanol–water partition coefficient (Wildman–Crippen LogP) is 3.19. The third-order valence-corrected chi connectivity index (χ3v) is 4.63. The Morgan fingerprint density at radius 2 is 2.05 bits per heavy atom. The Morgan fingerprint density at radius 1 is 1.36 bits per heavy atom. The van der Waals surface area contributed by atoms with Gasteiger partial charge < -0.3 is 10.4 Å². The zero-order valence-corrected chi connectivity index (χ0v) is 14.8. The number of aromatic nitrogens is 2. The zero-order chi connectivity index (χ0) is 16.8. The van der Waals surface area contributed by atoms with Gasteiger partial charge in [0.1, 0.15) is 5.25 Å². The Morgan fingerprint density at radius 3 is 2.59 bits per heavy atom. The number of urea groups is 1. The monoisotopic (exact) mass is 346 g/mol. The molecule has 0 aliphatic carbocycles. The largest absolute Gasteiger partial charge is 0.480 e. The van der Waals surface area contributed by atoms with Crippen molar-refractivity contribution in [2.75, 3.05) is 5.32 Å². The van der Waals surface area contributed by atoms with E-state index in [-0.39, 0.29) is 11.6 Å². The lowest BCUT2D eigenvalue weighted by Crippen LogP contribution is -2.43. The lowest BCUT2D eigenvalue weighted by Gasteiger charge is -2.19. The molecule has 0 radical (unpaired) electrons. The molecule has 0 saturated carbocycles. The van der Waals surface area contributed by atoms with Crippen LogP contribution in [0.15, 0.2) is 4.34 Å². The molecular formula is C13H22N4O3S2. The van der Waals surface area contributed by atoms with E-state index in [0.29, 0.717) is 15.9 Å². The minimum absolute atomic E-state index is 0.346. The summed E-state index contributed by atoms with van der Waals surface area (Å²) in [7, 11) is 0. The van der Waals surface area contributed by atoms with Crippen molar-refractivity contribution in [3.63, 3.8) is 0 Å². The van der Waals surface area contributed by atoms with Crippen molar-refractivity contribution in [3.8, 4) is 0 Å². The molecule has 1 aromatic heterocycles. The molecule has 0 aliphatic heterocycles. The molecule has 3 N–H and O–H groups in total. The first-order chi connectivity index (χ1) is 10.2. The molecular weight excluding hydrogens is 324 g/mol. The second-order valence-electron chi connectivity index (χ2n) is 5.79. The van der Waals surface area contributed by atoms with E-state index in [0.717, 1.165) is 12.8 Å². The van der Waals surface area contributed by atoms with Crippen molar-refractivity contribution in [1.82, 2.24) is 15.5 Å². The average molecular weight is 346 g/mol. The maximum atomic E-state index is 11.7. The summed E-state index contributed by atoms with van der Waals surface area (Å²) < 4.78 is 0.537. The van der Waals surface area contributed by atoms with E-state index in [4.69, 9.17) is 0 Å². The molecule has 7 nitrogen and oxygen atoms in total. The van der Waals surface area contributed by atoms with E-state index in [1.165, 1.54) is 23.1 Å². The van der Waals surface area contributed by atoms with Crippen molar-refractivity contribution >= 4 is 40.2 Å². The summed E-state index contributed by atoms with van der Waals surface area (Å²) in [6, 6.07) is -0.360. The fourth-order valence-corrected chi connectivity index (χ4v) is 3.49. The molecule has 22 heavy (non-hydrogen) atoms. The van der Waals surface area contributed by atoms with Crippen molar-refractivity contribution < 1.29 is 14.7 Å². The highest BCUT2D eigenvalue weighted by molar-refractivity contribution is 8.02. The van der Waals surface area contributed by atoms with Crippen LogP contribution in [0.2, 0.25) is 0 Å². The van der Waals surface area contributed by atoms with Crippen LogP contribution in [0, 0.1) is 0 Å². The van der Waals surface area contributed by atoms with E-state index < -0.39 is 11.2 Å². The predicted molar refractivity (Wildman–Crippen MR) is 88.6 cm³/mol. The maximum absolute atomic E-state index is 11.7. The van der Waals surface area contributed by atoms with Gasteiger partial charge in [0.05, 0.1) is 0 Å². The van der Waals surface area contributed by atoms with Crippen LogP contribution >= 0.6 is 23.1 Å². The van der Waals surface area contributed by atoms with E-state index >= 15 is 0 Å². The number of carboxylic acids is 1. The number of thioether (sulfide) groups is 1. The normalized spacial score (nSPS) is 12.7. The molecule has 0 bridgehead atoms. The molecule has 0 aliphatic rings. The first kappa shape index (κ1) is 18.7. The van der Waals surface area contributed by atoms with Gasteiger partial charge in [-0.1, -0.05) is 42.9 Å². The standard InChI is InChI=1S/C13H22N4O3S2/c1-5-6-7-8(9(18)19)21-12-17-16-11(22-12)14-10(20)15-13(2,3)4/h8H,5-7H2,1-4H3,(H,18,19)(H2,14,15,16,20)/t8-/m1/s1. The molecule has 0 aromatic carbocycles. The lowest BCUT2D eigenvalue weighted by molar-refractivity contribution is -0.136. The molecule has 1 heterocycles. The number of hydrogen-bond donors (Lipinski definition) is 3. The van der Waals surface area contributed by atoms with Crippen LogP contribution in [-0.2, 0) is 4.79 Å². The van der Waals surface area contributed by atoms with Gasteiger partial charge in [-0.3, -0.25) is 10.1 Å². The molecule has 0 fully saturated rings. The van der Waals surface area contributed by atoms with Gasteiger partial charge in [0.25, 0.3) is 0 Å². The van der Waals surface area contributed by atoms with Gasteiger partial charge >= 0.3 is 12.0 Å². The molecule has 2 amide bonds. The summed E-state index contributed by atoms with van der Waals surface area (Å²) in [5, 5.41) is 22.1. The quantitative estimate of drug-likeness (QED) is 0.517. The van der Waals surface area contributed by atoms with Gasteiger partial charge in [-0.15, -0.1) is 10.2 Å². The fourth-order valence-electron chi connectivity index (χ4n) is 1.52. The fraction of sp³-hybridized carbons (Fsp3) is 0.692. The number of hydrogen-bond acceptors (Lipinski definition) is 6. The number of anilines is 1. The highest BCUT2D eigenvalue weighted by Crippen LogP contribution is 2.31. The lowest BCUT2D eigenvalue weighted by atomic mass is 10.1. The van der Waals surface area contributed by atoms with Gasteiger partial charge in [0.15, 0.2) is 4.34 Å². The Kier molecular flexibility index (Phi) is 7.08. The highest BCUT2D eigenvalue weighted by atomic mass is 32.2. The van der Waals surface area contributed by atoms with Crippen LogP contribution in [0.4, 0.5) is 9.93 Å². The van der Waals surface area contributed by atoms with Crippen molar-refractivity contribution in [1.29, 1.82) is 0 Å². The van der Waals surface area contributed by atoms with Gasteiger partial charge in [0, 0.05) is 5.54 Å². The van der Waals surface area contributed by atoms with Crippen molar-refractivity contribution in [2.45, 2.75) is 62.1 Å². The second kappa shape index (κ2) is 8.33. The molecule has 9 heteroatoms. The SMILES string of the molecule is CCCC[C@@H](Sc1nnc(NC(=O)NC(C)(C)C)s1)C(=O)O. The minimum atomic E-state index is -0.853. The first-order valence-corrected chi connectivity index (χ1v) is 8.73. The third kappa shape index (κ3) is 7.08. The van der Waals surface area contributed by atoms with E-state index in [1.807, 2.05) is 27.7 Å². The Labute approximate surface area is 138 Å². The smallest absolute Gasteiger partial charge is 0.321 e. The van der Waals surface area contributed by atoms with Gasteiger partial charge in [-0.2, -0.15) is 0 Å². The number of carbonyl (C=O) groups excluding carboxylic acids is 1. The topological polar surface area (TPSA) is 104 Å². The first-order valence-electron chi connectivity index (χ1n) is 7.03. The van der Waals surface area contributed by atoms with Crippen LogP contribution in [0.3, 0.4) is 0 Å².